The first kappa shape index (κ1) is 13.6. The minimum absolute atomic E-state index is 0.203. The summed E-state index contributed by atoms with van der Waals surface area (Å²) in [5.41, 5.74) is 2.32. The van der Waals surface area contributed by atoms with Crippen molar-refractivity contribution in [2.45, 2.75) is 6.92 Å². The number of hydrogen-bond donors (Lipinski definition) is 1. The number of fused-ring (bicyclic) bond motifs is 1. The second-order valence-corrected chi connectivity index (χ2v) is 5.46. The molecular formula is C20H15NO2. The molecule has 0 amide bonds. The molecule has 0 aliphatic rings. The molecule has 4 rings (SSSR count). The van der Waals surface area contributed by atoms with Gasteiger partial charge in [0.2, 0.25) is 0 Å². The lowest BCUT2D eigenvalue weighted by Gasteiger charge is -2.08. The molecule has 0 saturated carbocycles. The zero-order valence-electron chi connectivity index (χ0n) is 12.7. The first-order chi connectivity index (χ1) is 11.2. The van der Waals surface area contributed by atoms with Crippen LogP contribution in [0.2, 0.25) is 0 Å². The summed E-state index contributed by atoms with van der Waals surface area (Å²) in [6, 6.07) is 21.4. The van der Waals surface area contributed by atoms with E-state index in [1.807, 2.05) is 67.6 Å². The predicted octanol–water partition coefficient (Wildman–Crippen LogP) is 5.18. The number of phenols is 1. The third kappa shape index (κ3) is 2.27. The van der Waals surface area contributed by atoms with E-state index in [0.717, 1.165) is 16.3 Å². The number of benzene rings is 3. The summed E-state index contributed by atoms with van der Waals surface area (Å²) in [5.74, 6) is 1.45. The van der Waals surface area contributed by atoms with Crippen LogP contribution >= 0.6 is 0 Å². The van der Waals surface area contributed by atoms with Crippen LogP contribution in [0.25, 0.3) is 33.4 Å². The van der Waals surface area contributed by atoms with Crippen LogP contribution in [0.1, 0.15) is 5.89 Å². The first-order valence-corrected chi connectivity index (χ1v) is 7.48. The minimum Gasteiger partial charge on any atom is -0.507 e. The quantitative estimate of drug-likeness (QED) is 0.555. The number of rotatable bonds is 2. The van der Waals surface area contributed by atoms with Crippen molar-refractivity contribution in [3.05, 3.63) is 72.6 Å². The van der Waals surface area contributed by atoms with E-state index in [2.05, 4.69) is 4.98 Å². The first-order valence-electron chi connectivity index (χ1n) is 7.48. The maximum absolute atomic E-state index is 10.5. The van der Waals surface area contributed by atoms with Gasteiger partial charge in [0.15, 0.2) is 11.7 Å². The molecule has 0 unspecified atom stereocenters. The maximum Gasteiger partial charge on any atom is 0.192 e. The van der Waals surface area contributed by atoms with Crippen LogP contribution in [-0.4, -0.2) is 10.1 Å². The van der Waals surface area contributed by atoms with Gasteiger partial charge in [0, 0.05) is 12.5 Å². The number of aromatic nitrogens is 1. The summed E-state index contributed by atoms with van der Waals surface area (Å²) < 4.78 is 5.84. The number of aryl methyl sites for hydroxylation is 1. The van der Waals surface area contributed by atoms with Crippen LogP contribution in [0.15, 0.2) is 71.1 Å². The van der Waals surface area contributed by atoms with E-state index in [1.165, 1.54) is 0 Å². The Labute approximate surface area is 133 Å². The third-order valence-corrected chi connectivity index (χ3v) is 3.91. The summed E-state index contributed by atoms with van der Waals surface area (Å²) in [7, 11) is 0. The van der Waals surface area contributed by atoms with Crippen LogP contribution in [0.5, 0.6) is 5.75 Å². The van der Waals surface area contributed by atoms with E-state index in [0.29, 0.717) is 22.9 Å². The van der Waals surface area contributed by atoms with Gasteiger partial charge in [0.1, 0.15) is 11.4 Å². The Balaban J connectivity index is 2.05. The molecule has 1 aromatic heterocycles. The van der Waals surface area contributed by atoms with Crippen molar-refractivity contribution in [3.63, 3.8) is 0 Å². The van der Waals surface area contributed by atoms with Crippen LogP contribution in [-0.2, 0) is 0 Å². The van der Waals surface area contributed by atoms with Crippen LogP contribution in [0.4, 0.5) is 0 Å². The molecule has 0 spiro atoms. The Morgan fingerprint density at radius 2 is 1.61 bits per heavy atom. The van der Waals surface area contributed by atoms with Gasteiger partial charge in [-0.05, 0) is 16.8 Å². The Bertz CT molecular complexity index is 987. The molecule has 23 heavy (non-hydrogen) atoms. The van der Waals surface area contributed by atoms with Crippen molar-refractivity contribution in [3.8, 4) is 28.3 Å². The van der Waals surface area contributed by atoms with Gasteiger partial charge in [0.25, 0.3) is 0 Å². The maximum atomic E-state index is 10.5. The van der Waals surface area contributed by atoms with Gasteiger partial charge in [0.05, 0.1) is 5.56 Å². The van der Waals surface area contributed by atoms with E-state index in [4.69, 9.17) is 4.42 Å². The fourth-order valence-corrected chi connectivity index (χ4v) is 2.89. The Morgan fingerprint density at radius 3 is 2.43 bits per heavy atom. The highest BCUT2D eigenvalue weighted by atomic mass is 16.4. The topological polar surface area (TPSA) is 46.3 Å². The van der Waals surface area contributed by atoms with Crippen molar-refractivity contribution in [2.75, 3.05) is 0 Å². The second kappa shape index (κ2) is 5.29. The van der Waals surface area contributed by atoms with Crippen molar-refractivity contribution in [1.29, 1.82) is 0 Å². The number of nitrogens with zero attached hydrogens (tertiary/aromatic N) is 1. The molecule has 112 valence electrons. The zero-order chi connectivity index (χ0) is 15.8. The highest BCUT2D eigenvalue weighted by Crippen LogP contribution is 2.41. The normalized spacial score (nSPS) is 11.0. The molecule has 0 atom stereocenters. The standard InChI is InChI=1S/C20H15NO2/c1-13-21-19(20(23-13)15-8-3-2-4-9-15)18-16-10-6-5-7-14(16)11-12-17(18)22/h2-12,22H,1H3. The largest absolute Gasteiger partial charge is 0.507 e. The fourth-order valence-electron chi connectivity index (χ4n) is 2.89. The predicted molar refractivity (Wildman–Crippen MR) is 91.3 cm³/mol. The third-order valence-electron chi connectivity index (χ3n) is 3.91. The van der Waals surface area contributed by atoms with Gasteiger partial charge in [-0.25, -0.2) is 4.98 Å². The molecule has 0 fully saturated rings. The van der Waals surface area contributed by atoms with Crippen LogP contribution in [0, 0.1) is 6.92 Å². The molecule has 3 heteroatoms. The number of oxazole rings is 1. The fraction of sp³-hybridized carbons (Fsp3) is 0.0500. The van der Waals surface area contributed by atoms with Gasteiger partial charge in [-0.2, -0.15) is 0 Å². The van der Waals surface area contributed by atoms with Crippen molar-refractivity contribution in [2.24, 2.45) is 0 Å². The highest BCUT2D eigenvalue weighted by Gasteiger charge is 2.20. The molecule has 0 saturated heterocycles. The average Bonchev–Trinajstić information content (AvgIpc) is 2.97. The van der Waals surface area contributed by atoms with Gasteiger partial charge >= 0.3 is 0 Å². The van der Waals surface area contributed by atoms with E-state index < -0.39 is 0 Å². The summed E-state index contributed by atoms with van der Waals surface area (Å²) in [6.45, 7) is 1.82. The molecule has 0 bridgehead atoms. The van der Waals surface area contributed by atoms with E-state index in [9.17, 15) is 5.11 Å². The summed E-state index contributed by atoms with van der Waals surface area (Å²) in [5, 5.41) is 12.5. The Kier molecular flexibility index (Phi) is 3.12. The molecular weight excluding hydrogens is 286 g/mol. The second-order valence-electron chi connectivity index (χ2n) is 5.46. The molecule has 3 nitrogen and oxygen atoms in total. The van der Waals surface area contributed by atoms with E-state index in [1.54, 1.807) is 6.07 Å². The molecule has 0 radical (unpaired) electrons. The van der Waals surface area contributed by atoms with Crippen LogP contribution < -0.4 is 0 Å². The molecule has 1 heterocycles. The van der Waals surface area contributed by atoms with Crippen LogP contribution in [0.3, 0.4) is 0 Å². The Hall–Kier alpha value is -3.07. The monoisotopic (exact) mass is 301 g/mol. The van der Waals surface area contributed by atoms with E-state index in [-0.39, 0.29) is 5.75 Å². The number of phenolic OH excluding ortho intramolecular Hbond substituents is 1. The van der Waals surface area contributed by atoms with Gasteiger partial charge in [-0.1, -0.05) is 60.7 Å². The lowest BCUT2D eigenvalue weighted by Crippen LogP contribution is -1.86. The lowest BCUT2D eigenvalue weighted by molar-refractivity contribution is 0.478. The van der Waals surface area contributed by atoms with Gasteiger partial charge in [-0.15, -0.1) is 0 Å². The van der Waals surface area contributed by atoms with Gasteiger partial charge in [-0.3, -0.25) is 0 Å². The summed E-state index contributed by atoms with van der Waals surface area (Å²) >= 11 is 0. The SMILES string of the molecule is Cc1nc(-c2c(O)ccc3ccccc23)c(-c2ccccc2)o1. The molecule has 4 aromatic rings. The zero-order valence-corrected chi connectivity index (χ0v) is 12.7. The minimum atomic E-state index is 0.203. The molecule has 0 aliphatic carbocycles. The number of aromatic hydroxyl groups is 1. The number of hydrogen-bond acceptors (Lipinski definition) is 3. The van der Waals surface area contributed by atoms with E-state index >= 15 is 0 Å². The summed E-state index contributed by atoms with van der Waals surface area (Å²) in [6.07, 6.45) is 0. The summed E-state index contributed by atoms with van der Waals surface area (Å²) in [4.78, 5) is 4.54. The average molecular weight is 301 g/mol. The van der Waals surface area contributed by atoms with Crippen molar-refractivity contribution < 1.29 is 9.52 Å². The molecule has 3 aromatic carbocycles. The Morgan fingerprint density at radius 1 is 0.870 bits per heavy atom. The molecule has 1 N–H and O–H groups in total. The van der Waals surface area contributed by atoms with Crippen molar-refractivity contribution >= 4 is 10.8 Å². The van der Waals surface area contributed by atoms with Gasteiger partial charge < -0.3 is 9.52 Å². The molecule has 0 aliphatic heterocycles. The lowest BCUT2D eigenvalue weighted by atomic mass is 9.98. The highest BCUT2D eigenvalue weighted by molar-refractivity contribution is 6.01. The smallest absolute Gasteiger partial charge is 0.192 e. The van der Waals surface area contributed by atoms with Crippen molar-refractivity contribution in [1.82, 2.24) is 4.98 Å².